The van der Waals surface area contributed by atoms with Crippen LogP contribution in [0.3, 0.4) is 0 Å². The van der Waals surface area contributed by atoms with Crippen molar-refractivity contribution in [3.8, 4) is 0 Å². The first-order valence-corrected chi connectivity index (χ1v) is 5.39. The quantitative estimate of drug-likeness (QED) is 0.575. The molecule has 0 spiro atoms. The average molecular weight is 285 g/mol. The van der Waals surface area contributed by atoms with E-state index in [1.807, 2.05) is 20.8 Å². The van der Waals surface area contributed by atoms with E-state index in [2.05, 4.69) is 22.6 Å². The highest BCUT2D eigenvalue weighted by Gasteiger charge is 2.18. The maximum Gasteiger partial charge on any atom is 0.410 e. The molecule has 4 heteroatoms. The van der Waals surface area contributed by atoms with Gasteiger partial charge in [0.05, 0.1) is 0 Å². The molecule has 0 aromatic rings. The van der Waals surface area contributed by atoms with Crippen LogP contribution in [0.2, 0.25) is 0 Å². The zero-order valence-electron chi connectivity index (χ0n) is 8.06. The first kappa shape index (κ1) is 12.0. The summed E-state index contributed by atoms with van der Waals surface area (Å²) in [5.41, 5.74) is -0.392. The van der Waals surface area contributed by atoms with Crippen LogP contribution in [0.5, 0.6) is 0 Å². The molecule has 3 nitrogen and oxygen atoms in total. The third-order valence-electron chi connectivity index (χ3n) is 1.13. The molecule has 0 aliphatic heterocycles. The molecular weight excluding hydrogens is 269 g/mol. The predicted octanol–water partition coefficient (Wildman–Crippen LogP) is 2.29. The molecule has 0 aliphatic carbocycles. The van der Waals surface area contributed by atoms with Gasteiger partial charge in [-0.3, -0.25) is 0 Å². The number of nitrogens with zero attached hydrogens (tertiary/aromatic N) is 1. The van der Waals surface area contributed by atoms with Gasteiger partial charge in [-0.05, 0) is 20.8 Å². The van der Waals surface area contributed by atoms with Gasteiger partial charge < -0.3 is 9.64 Å². The first-order chi connectivity index (χ1) is 5.37. The summed E-state index contributed by atoms with van der Waals surface area (Å²) in [5.74, 6) is 0. The van der Waals surface area contributed by atoms with Crippen LogP contribution >= 0.6 is 22.6 Å². The van der Waals surface area contributed by atoms with E-state index < -0.39 is 5.60 Å². The van der Waals surface area contributed by atoms with Crippen LogP contribution in [0, 0.1) is 0 Å². The minimum Gasteiger partial charge on any atom is -0.444 e. The molecule has 0 N–H and O–H groups in total. The van der Waals surface area contributed by atoms with E-state index in [1.165, 1.54) is 0 Å². The molecule has 0 aromatic heterocycles. The second-order valence-corrected chi connectivity index (χ2v) is 4.67. The monoisotopic (exact) mass is 285 g/mol. The van der Waals surface area contributed by atoms with Crippen molar-refractivity contribution in [2.75, 3.05) is 18.0 Å². The molecule has 0 heterocycles. The second-order valence-electron chi connectivity index (χ2n) is 3.59. The first-order valence-electron chi connectivity index (χ1n) is 3.87. The summed E-state index contributed by atoms with van der Waals surface area (Å²) in [4.78, 5) is 12.8. The maximum atomic E-state index is 11.2. The lowest BCUT2D eigenvalue weighted by atomic mass is 10.2. The van der Waals surface area contributed by atoms with Crippen molar-refractivity contribution >= 4 is 28.7 Å². The van der Waals surface area contributed by atoms with E-state index >= 15 is 0 Å². The van der Waals surface area contributed by atoms with Crippen LogP contribution in [-0.4, -0.2) is 34.6 Å². The van der Waals surface area contributed by atoms with Crippen LogP contribution in [-0.2, 0) is 4.74 Å². The van der Waals surface area contributed by atoms with Crippen molar-refractivity contribution in [2.45, 2.75) is 26.4 Å². The van der Waals surface area contributed by atoms with Crippen LogP contribution < -0.4 is 0 Å². The van der Waals surface area contributed by atoms with Gasteiger partial charge in [0, 0.05) is 18.0 Å². The standard InChI is InChI=1S/C8H16INO2/c1-8(2,3)12-7(11)10(4)6-5-9/h5-6H2,1-4H3. The topological polar surface area (TPSA) is 29.5 Å². The largest absolute Gasteiger partial charge is 0.444 e. The van der Waals surface area contributed by atoms with Crippen molar-refractivity contribution in [1.29, 1.82) is 0 Å². The lowest BCUT2D eigenvalue weighted by molar-refractivity contribution is 0.0310. The molecule has 12 heavy (non-hydrogen) atoms. The molecule has 0 radical (unpaired) electrons. The average Bonchev–Trinajstić information content (AvgIpc) is 1.84. The number of amides is 1. The highest BCUT2D eigenvalue weighted by molar-refractivity contribution is 14.1. The van der Waals surface area contributed by atoms with Gasteiger partial charge in [0.15, 0.2) is 0 Å². The Kier molecular flexibility index (Phi) is 4.89. The van der Waals surface area contributed by atoms with Gasteiger partial charge >= 0.3 is 6.09 Å². The fraction of sp³-hybridized carbons (Fsp3) is 0.875. The summed E-state index contributed by atoms with van der Waals surface area (Å²) in [6, 6.07) is 0. The Bertz CT molecular complexity index is 154. The van der Waals surface area contributed by atoms with Crippen molar-refractivity contribution in [2.24, 2.45) is 0 Å². The van der Waals surface area contributed by atoms with Gasteiger partial charge in [0.1, 0.15) is 5.60 Å². The van der Waals surface area contributed by atoms with Gasteiger partial charge in [-0.25, -0.2) is 4.79 Å². The Labute approximate surface area is 87.6 Å². The molecule has 0 rings (SSSR count). The summed E-state index contributed by atoms with van der Waals surface area (Å²) in [7, 11) is 1.74. The SMILES string of the molecule is CN(CCI)C(=O)OC(C)(C)C. The Morgan fingerprint density at radius 1 is 1.50 bits per heavy atom. The minimum atomic E-state index is -0.392. The van der Waals surface area contributed by atoms with Crippen LogP contribution in [0.4, 0.5) is 4.79 Å². The smallest absolute Gasteiger partial charge is 0.410 e. The number of ether oxygens (including phenoxy) is 1. The number of carbonyl (C=O) groups excluding carboxylic acids is 1. The van der Waals surface area contributed by atoms with Crippen LogP contribution in [0.25, 0.3) is 0 Å². The van der Waals surface area contributed by atoms with E-state index in [-0.39, 0.29) is 6.09 Å². The normalized spacial score (nSPS) is 11.1. The van der Waals surface area contributed by atoms with Crippen molar-refractivity contribution in [1.82, 2.24) is 4.90 Å². The molecule has 0 saturated carbocycles. The Hall–Kier alpha value is 0. The van der Waals surface area contributed by atoms with Crippen LogP contribution in [0.1, 0.15) is 20.8 Å². The second kappa shape index (κ2) is 4.89. The summed E-state index contributed by atoms with van der Waals surface area (Å²) < 4.78 is 6.06. The Morgan fingerprint density at radius 2 is 2.00 bits per heavy atom. The zero-order chi connectivity index (χ0) is 9.78. The lowest BCUT2D eigenvalue weighted by Gasteiger charge is -2.24. The third-order valence-corrected chi connectivity index (χ3v) is 1.61. The summed E-state index contributed by atoms with van der Waals surface area (Å²) in [5, 5.41) is 0. The maximum absolute atomic E-state index is 11.2. The minimum absolute atomic E-state index is 0.251. The number of halogens is 1. The number of rotatable bonds is 2. The summed E-state index contributed by atoms with van der Waals surface area (Å²) in [6.07, 6.45) is -0.251. The lowest BCUT2D eigenvalue weighted by Crippen LogP contribution is -2.35. The van der Waals surface area contributed by atoms with E-state index in [4.69, 9.17) is 4.74 Å². The van der Waals surface area contributed by atoms with Crippen molar-refractivity contribution in [3.63, 3.8) is 0 Å². The summed E-state index contributed by atoms with van der Waals surface area (Å²) in [6.45, 7) is 6.32. The molecule has 0 unspecified atom stereocenters. The van der Waals surface area contributed by atoms with E-state index in [0.717, 1.165) is 11.0 Å². The van der Waals surface area contributed by atoms with E-state index in [1.54, 1.807) is 11.9 Å². The van der Waals surface area contributed by atoms with Gasteiger partial charge in [-0.15, -0.1) is 0 Å². The third kappa shape index (κ3) is 5.62. The molecule has 1 amide bonds. The molecule has 0 saturated heterocycles. The highest BCUT2D eigenvalue weighted by Crippen LogP contribution is 2.08. The Morgan fingerprint density at radius 3 is 2.33 bits per heavy atom. The molecular formula is C8H16INO2. The Balaban J connectivity index is 3.87. The molecule has 0 bridgehead atoms. The van der Waals surface area contributed by atoms with Crippen molar-refractivity contribution in [3.05, 3.63) is 0 Å². The molecule has 0 atom stereocenters. The fourth-order valence-corrected chi connectivity index (χ4v) is 1.28. The number of hydrogen-bond acceptors (Lipinski definition) is 2. The molecule has 0 fully saturated rings. The number of hydrogen-bond donors (Lipinski definition) is 0. The highest BCUT2D eigenvalue weighted by atomic mass is 127. The predicted molar refractivity (Wildman–Crippen MR) is 57.8 cm³/mol. The molecule has 0 aromatic carbocycles. The van der Waals surface area contributed by atoms with E-state index in [9.17, 15) is 4.79 Å². The van der Waals surface area contributed by atoms with Crippen LogP contribution in [0.15, 0.2) is 0 Å². The fourth-order valence-electron chi connectivity index (χ4n) is 0.558. The summed E-state index contributed by atoms with van der Waals surface area (Å²) >= 11 is 2.22. The van der Waals surface area contributed by atoms with Gasteiger partial charge in [-0.2, -0.15) is 0 Å². The molecule has 72 valence electrons. The molecule has 0 aliphatic rings. The van der Waals surface area contributed by atoms with Gasteiger partial charge in [0.25, 0.3) is 0 Å². The van der Waals surface area contributed by atoms with E-state index in [0.29, 0.717) is 0 Å². The number of carbonyl (C=O) groups is 1. The van der Waals surface area contributed by atoms with Gasteiger partial charge in [0.2, 0.25) is 0 Å². The van der Waals surface area contributed by atoms with Gasteiger partial charge in [-0.1, -0.05) is 22.6 Å². The number of alkyl halides is 1. The van der Waals surface area contributed by atoms with Crippen molar-refractivity contribution < 1.29 is 9.53 Å². The zero-order valence-corrected chi connectivity index (χ0v) is 10.2.